The Morgan fingerprint density at radius 1 is 1.21 bits per heavy atom. The van der Waals surface area contributed by atoms with E-state index in [4.69, 9.17) is 9.47 Å². The number of carbonyl (C=O) groups is 1. The molecule has 1 atom stereocenters. The summed E-state index contributed by atoms with van der Waals surface area (Å²) in [6.07, 6.45) is 3.00. The summed E-state index contributed by atoms with van der Waals surface area (Å²) in [5.74, 6) is 0.714. The fraction of sp³-hybridized carbons (Fsp3) is 0.286. The van der Waals surface area contributed by atoms with Crippen molar-refractivity contribution in [1.29, 1.82) is 0 Å². The molecule has 8 heteroatoms. The molecule has 0 spiro atoms. The van der Waals surface area contributed by atoms with Gasteiger partial charge in [0, 0.05) is 11.8 Å². The van der Waals surface area contributed by atoms with E-state index >= 15 is 0 Å². The van der Waals surface area contributed by atoms with Crippen molar-refractivity contribution < 1.29 is 22.7 Å². The second-order valence-corrected chi connectivity index (χ2v) is 8.16. The standard InChI is InChI=1S/C21H26N2O5S/c1-5-14-28-18-12-10-16(11-13-18)22-21(24)20(6-2)23(29(4,25)26)17-8-7-9-19(15-17)27-3/h5,7-13,15,20H,1,6,14H2,2-4H3,(H,22,24). The number of benzene rings is 2. The summed E-state index contributed by atoms with van der Waals surface area (Å²) >= 11 is 0. The van der Waals surface area contributed by atoms with E-state index in [2.05, 4.69) is 11.9 Å². The van der Waals surface area contributed by atoms with Gasteiger partial charge in [-0.15, -0.1) is 0 Å². The zero-order valence-corrected chi connectivity index (χ0v) is 17.6. The first-order valence-corrected chi connectivity index (χ1v) is 10.9. The highest BCUT2D eigenvalue weighted by Crippen LogP contribution is 2.27. The highest BCUT2D eigenvalue weighted by Gasteiger charge is 2.31. The molecule has 0 aliphatic heterocycles. The molecule has 0 saturated carbocycles. The Balaban J connectivity index is 2.27. The molecule has 1 amide bonds. The molecule has 1 unspecified atom stereocenters. The lowest BCUT2D eigenvalue weighted by Gasteiger charge is -2.30. The Bertz CT molecular complexity index is 942. The van der Waals surface area contributed by atoms with Crippen molar-refractivity contribution in [2.45, 2.75) is 19.4 Å². The molecule has 1 N–H and O–H groups in total. The van der Waals surface area contributed by atoms with E-state index in [-0.39, 0.29) is 6.42 Å². The van der Waals surface area contributed by atoms with Crippen LogP contribution in [0, 0.1) is 0 Å². The normalized spacial score (nSPS) is 12.0. The maximum Gasteiger partial charge on any atom is 0.248 e. The third-order valence-corrected chi connectivity index (χ3v) is 5.31. The highest BCUT2D eigenvalue weighted by atomic mass is 32.2. The largest absolute Gasteiger partial charge is 0.497 e. The minimum Gasteiger partial charge on any atom is -0.497 e. The van der Waals surface area contributed by atoms with Crippen LogP contribution in [0.4, 0.5) is 11.4 Å². The lowest BCUT2D eigenvalue weighted by atomic mass is 10.1. The van der Waals surface area contributed by atoms with Crippen LogP contribution in [0.15, 0.2) is 61.2 Å². The molecular formula is C21H26N2O5S. The van der Waals surface area contributed by atoms with Crippen molar-refractivity contribution >= 4 is 27.3 Å². The van der Waals surface area contributed by atoms with Crippen LogP contribution in [-0.4, -0.2) is 40.3 Å². The molecule has 2 aromatic rings. The third-order valence-electron chi connectivity index (χ3n) is 4.13. The molecule has 0 aromatic heterocycles. The number of hydrogen-bond donors (Lipinski definition) is 1. The van der Waals surface area contributed by atoms with Crippen LogP contribution in [0.1, 0.15) is 13.3 Å². The predicted octanol–water partition coefficient (Wildman–Crippen LogP) is 3.44. The number of methoxy groups -OCH3 is 1. The maximum atomic E-state index is 12.9. The molecule has 0 saturated heterocycles. The van der Waals surface area contributed by atoms with E-state index in [1.165, 1.54) is 7.11 Å². The summed E-state index contributed by atoms with van der Waals surface area (Å²) in [5.41, 5.74) is 0.903. The van der Waals surface area contributed by atoms with Gasteiger partial charge in [-0.25, -0.2) is 8.42 Å². The Kier molecular flexibility index (Phi) is 7.67. The number of ether oxygens (including phenoxy) is 2. The second kappa shape index (κ2) is 9.97. The number of rotatable bonds is 10. The van der Waals surface area contributed by atoms with Crippen molar-refractivity contribution in [2.24, 2.45) is 0 Å². The minimum absolute atomic E-state index is 0.288. The van der Waals surface area contributed by atoms with E-state index < -0.39 is 22.0 Å². The van der Waals surface area contributed by atoms with Crippen molar-refractivity contribution in [3.05, 3.63) is 61.2 Å². The Morgan fingerprint density at radius 2 is 1.90 bits per heavy atom. The number of sulfonamides is 1. The third kappa shape index (κ3) is 5.99. The van der Waals surface area contributed by atoms with E-state index in [0.29, 0.717) is 29.5 Å². The van der Waals surface area contributed by atoms with Gasteiger partial charge in [-0.1, -0.05) is 25.6 Å². The topological polar surface area (TPSA) is 84.9 Å². The van der Waals surface area contributed by atoms with Crippen LogP contribution < -0.4 is 19.1 Å². The molecule has 2 aromatic carbocycles. The SMILES string of the molecule is C=CCOc1ccc(NC(=O)C(CC)N(c2cccc(OC)c2)S(C)(=O)=O)cc1. The van der Waals surface area contributed by atoms with Gasteiger partial charge in [0.05, 0.1) is 19.1 Å². The summed E-state index contributed by atoms with van der Waals surface area (Å²) in [6, 6.07) is 12.5. The summed E-state index contributed by atoms with van der Waals surface area (Å²) < 4.78 is 36.7. The average molecular weight is 419 g/mol. The van der Waals surface area contributed by atoms with Crippen LogP contribution in [0.5, 0.6) is 11.5 Å². The Morgan fingerprint density at radius 3 is 2.45 bits per heavy atom. The smallest absolute Gasteiger partial charge is 0.248 e. The number of carbonyl (C=O) groups excluding carboxylic acids is 1. The van der Waals surface area contributed by atoms with Crippen LogP contribution in [0.2, 0.25) is 0 Å². The van der Waals surface area contributed by atoms with Gasteiger partial charge < -0.3 is 14.8 Å². The first kappa shape index (κ1) is 22.3. The summed E-state index contributed by atoms with van der Waals surface area (Å²) in [4.78, 5) is 12.9. The molecule has 0 heterocycles. The zero-order chi connectivity index (χ0) is 21.4. The van der Waals surface area contributed by atoms with Gasteiger partial charge in [-0.05, 0) is 42.8 Å². The summed E-state index contributed by atoms with van der Waals surface area (Å²) in [5, 5.41) is 2.78. The van der Waals surface area contributed by atoms with Crippen LogP contribution in [-0.2, 0) is 14.8 Å². The van der Waals surface area contributed by atoms with Crippen LogP contribution in [0.3, 0.4) is 0 Å². The fourth-order valence-electron chi connectivity index (χ4n) is 2.82. The average Bonchev–Trinajstić information content (AvgIpc) is 2.70. The Hall–Kier alpha value is -3.00. The van der Waals surface area contributed by atoms with E-state index in [0.717, 1.165) is 10.6 Å². The van der Waals surface area contributed by atoms with Gasteiger partial charge in [-0.3, -0.25) is 9.10 Å². The van der Waals surface area contributed by atoms with Gasteiger partial charge in [0.2, 0.25) is 15.9 Å². The molecule has 7 nitrogen and oxygen atoms in total. The number of hydrogen-bond acceptors (Lipinski definition) is 5. The molecule has 2 rings (SSSR count). The predicted molar refractivity (Wildman–Crippen MR) is 115 cm³/mol. The molecular weight excluding hydrogens is 392 g/mol. The van der Waals surface area contributed by atoms with Gasteiger partial charge >= 0.3 is 0 Å². The monoisotopic (exact) mass is 418 g/mol. The first-order chi connectivity index (χ1) is 13.8. The molecule has 0 radical (unpaired) electrons. The number of nitrogens with zero attached hydrogens (tertiary/aromatic N) is 1. The number of anilines is 2. The van der Waals surface area contributed by atoms with E-state index in [1.807, 2.05) is 0 Å². The molecule has 0 fully saturated rings. The lowest BCUT2D eigenvalue weighted by molar-refractivity contribution is -0.117. The van der Waals surface area contributed by atoms with Gasteiger partial charge in [0.25, 0.3) is 0 Å². The summed E-state index contributed by atoms with van der Waals surface area (Å²) in [6.45, 7) is 5.73. The lowest BCUT2D eigenvalue weighted by Crippen LogP contribution is -2.47. The quantitative estimate of drug-likeness (QED) is 0.598. The second-order valence-electron chi connectivity index (χ2n) is 6.30. The zero-order valence-electron chi connectivity index (χ0n) is 16.8. The van der Waals surface area contributed by atoms with Crippen molar-refractivity contribution in [3.63, 3.8) is 0 Å². The minimum atomic E-state index is -3.72. The fourth-order valence-corrected chi connectivity index (χ4v) is 4.03. The molecule has 0 aliphatic carbocycles. The molecule has 0 bridgehead atoms. The van der Waals surface area contributed by atoms with Crippen molar-refractivity contribution in [3.8, 4) is 11.5 Å². The van der Waals surface area contributed by atoms with Gasteiger partial charge in [0.15, 0.2) is 0 Å². The van der Waals surface area contributed by atoms with Crippen LogP contribution >= 0.6 is 0 Å². The molecule has 29 heavy (non-hydrogen) atoms. The summed E-state index contributed by atoms with van der Waals surface area (Å²) in [7, 11) is -2.22. The maximum absolute atomic E-state index is 12.9. The van der Waals surface area contributed by atoms with Gasteiger partial charge in [-0.2, -0.15) is 0 Å². The van der Waals surface area contributed by atoms with Gasteiger partial charge in [0.1, 0.15) is 24.1 Å². The van der Waals surface area contributed by atoms with Crippen LogP contribution in [0.25, 0.3) is 0 Å². The molecule has 156 valence electrons. The number of nitrogens with one attached hydrogen (secondary N) is 1. The Labute approximate surface area is 172 Å². The molecule has 0 aliphatic rings. The first-order valence-electron chi connectivity index (χ1n) is 9.08. The highest BCUT2D eigenvalue weighted by molar-refractivity contribution is 7.92. The van der Waals surface area contributed by atoms with Crippen molar-refractivity contribution in [2.75, 3.05) is 29.6 Å². The van der Waals surface area contributed by atoms with Crippen molar-refractivity contribution in [1.82, 2.24) is 0 Å². The van der Waals surface area contributed by atoms with E-state index in [9.17, 15) is 13.2 Å². The number of amides is 1. The van der Waals surface area contributed by atoms with E-state index in [1.54, 1.807) is 61.5 Å².